The first kappa shape index (κ1) is 23.1. The number of methoxy groups -OCH3 is 1. The molecule has 33 heavy (non-hydrogen) atoms. The monoisotopic (exact) mass is 469 g/mol. The van der Waals surface area contributed by atoms with Gasteiger partial charge in [0, 0.05) is 25.2 Å². The maximum Gasteiger partial charge on any atom is 0.261 e. The predicted molar refractivity (Wildman–Crippen MR) is 130 cm³/mol. The van der Waals surface area contributed by atoms with Crippen LogP contribution in [-0.2, 0) is 10.0 Å². The zero-order chi connectivity index (χ0) is 23.6. The third-order valence-electron chi connectivity index (χ3n) is 5.65. The Bertz CT molecular complexity index is 1220. The van der Waals surface area contributed by atoms with E-state index in [1.165, 1.54) is 24.3 Å². The van der Waals surface area contributed by atoms with Crippen molar-refractivity contribution < 1.29 is 17.5 Å². The van der Waals surface area contributed by atoms with Crippen LogP contribution in [0.1, 0.15) is 13.8 Å². The van der Waals surface area contributed by atoms with E-state index in [-0.39, 0.29) is 10.7 Å². The van der Waals surface area contributed by atoms with Gasteiger partial charge >= 0.3 is 0 Å². The topological polar surface area (TPSA) is 70.7 Å². The molecule has 0 amide bonds. The largest absolute Gasteiger partial charge is 0.495 e. The molecule has 6 nitrogen and oxygen atoms in total. The van der Waals surface area contributed by atoms with Gasteiger partial charge < -0.3 is 15.0 Å². The molecule has 1 heterocycles. The van der Waals surface area contributed by atoms with Gasteiger partial charge in [-0.2, -0.15) is 0 Å². The van der Waals surface area contributed by atoms with E-state index in [2.05, 4.69) is 28.8 Å². The molecule has 2 unspecified atom stereocenters. The number of hydrogen-bond acceptors (Lipinski definition) is 5. The van der Waals surface area contributed by atoms with E-state index in [0.717, 1.165) is 24.3 Å². The van der Waals surface area contributed by atoms with E-state index in [0.29, 0.717) is 29.1 Å². The molecular formula is C25H28FN3O3S. The van der Waals surface area contributed by atoms with Crippen LogP contribution in [0.4, 0.5) is 15.8 Å². The quantitative estimate of drug-likeness (QED) is 0.557. The van der Waals surface area contributed by atoms with Crippen molar-refractivity contribution in [1.82, 2.24) is 5.32 Å². The third kappa shape index (κ3) is 5.29. The van der Waals surface area contributed by atoms with Crippen molar-refractivity contribution in [2.45, 2.75) is 30.8 Å². The maximum atomic E-state index is 13.5. The van der Waals surface area contributed by atoms with Crippen molar-refractivity contribution in [2.24, 2.45) is 0 Å². The lowest BCUT2D eigenvalue weighted by Gasteiger charge is -2.38. The first-order valence-electron chi connectivity index (χ1n) is 10.8. The summed E-state index contributed by atoms with van der Waals surface area (Å²) in [5.74, 6) is 0.355. The number of piperazine rings is 1. The third-order valence-corrected chi connectivity index (χ3v) is 7.05. The van der Waals surface area contributed by atoms with Crippen LogP contribution in [0, 0.1) is 5.82 Å². The van der Waals surface area contributed by atoms with Crippen molar-refractivity contribution >= 4 is 21.4 Å². The van der Waals surface area contributed by atoms with Crippen LogP contribution < -0.4 is 19.7 Å². The average Bonchev–Trinajstić information content (AvgIpc) is 2.78. The molecule has 1 aliphatic rings. The van der Waals surface area contributed by atoms with Crippen LogP contribution in [0.3, 0.4) is 0 Å². The predicted octanol–water partition coefficient (Wildman–Crippen LogP) is 4.49. The van der Waals surface area contributed by atoms with E-state index in [9.17, 15) is 12.8 Å². The van der Waals surface area contributed by atoms with Gasteiger partial charge in [-0.1, -0.05) is 24.3 Å². The zero-order valence-corrected chi connectivity index (χ0v) is 19.7. The Labute approximate surface area is 194 Å². The highest BCUT2D eigenvalue weighted by Gasteiger charge is 2.24. The second-order valence-corrected chi connectivity index (χ2v) is 10.1. The summed E-state index contributed by atoms with van der Waals surface area (Å²) in [6.07, 6.45) is 0. The molecule has 0 aliphatic carbocycles. The normalized spacial score (nSPS) is 18.7. The summed E-state index contributed by atoms with van der Waals surface area (Å²) in [6.45, 7) is 5.82. The van der Waals surface area contributed by atoms with Gasteiger partial charge in [0.2, 0.25) is 0 Å². The summed E-state index contributed by atoms with van der Waals surface area (Å²) in [6, 6.07) is 18.5. The van der Waals surface area contributed by atoms with Gasteiger partial charge in [-0.05, 0) is 67.4 Å². The summed E-state index contributed by atoms with van der Waals surface area (Å²) in [4.78, 5) is 2.33. The van der Waals surface area contributed by atoms with Crippen LogP contribution in [-0.4, -0.2) is 40.7 Å². The molecular weight excluding hydrogens is 441 g/mol. The minimum absolute atomic E-state index is 0.129. The molecule has 2 atom stereocenters. The van der Waals surface area contributed by atoms with Crippen LogP contribution >= 0.6 is 0 Å². The lowest BCUT2D eigenvalue weighted by molar-refractivity contribution is 0.391. The summed E-state index contributed by atoms with van der Waals surface area (Å²) < 4.78 is 47.8. The van der Waals surface area contributed by atoms with Gasteiger partial charge in [-0.3, -0.25) is 4.72 Å². The Morgan fingerprint density at radius 3 is 2.30 bits per heavy atom. The molecule has 1 fully saturated rings. The molecule has 0 radical (unpaired) electrons. The number of nitrogens with zero attached hydrogens (tertiary/aromatic N) is 1. The second kappa shape index (κ2) is 9.41. The molecule has 0 aromatic heterocycles. The van der Waals surface area contributed by atoms with Crippen molar-refractivity contribution in [1.29, 1.82) is 0 Å². The van der Waals surface area contributed by atoms with Crippen LogP contribution in [0.25, 0.3) is 11.1 Å². The smallest absolute Gasteiger partial charge is 0.261 e. The van der Waals surface area contributed by atoms with Crippen molar-refractivity contribution in [2.75, 3.05) is 29.8 Å². The van der Waals surface area contributed by atoms with Crippen molar-refractivity contribution in [3.05, 3.63) is 72.5 Å². The van der Waals surface area contributed by atoms with E-state index in [4.69, 9.17) is 4.74 Å². The van der Waals surface area contributed by atoms with E-state index >= 15 is 0 Å². The number of benzene rings is 3. The average molecular weight is 470 g/mol. The Morgan fingerprint density at radius 1 is 0.970 bits per heavy atom. The lowest BCUT2D eigenvalue weighted by Crippen LogP contribution is -2.54. The molecule has 174 valence electrons. The minimum Gasteiger partial charge on any atom is -0.495 e. The zero-order valence-electron chi connectivity index (χ0n) is 18.9. The molecule has 0 spiro atoms. The molecule has 0 saturated carbocycles. The van der Waals surface area contributed by atoms with Crippen molar-refractivity contribution in [3.63, 3.8) is 0 Å². The van der Waals surface area contributed by atoms with Gasteiger partial charge in [-0.25, -0.2) is 12.8 Å². The Balaban J connectivity index is 1.58. The molecule has 4 rings (SSSR count). The van der Waals surface area contributed by atoms with Gasteiger partial charge in [-0.15, -0.1) is 0 Å². The maximum absolute atomic E-state index is 13.5. The van der Waals surface area contributed by atoms with Crippen molar-refractivity contribution in [3.8, 4) is 16.9 Å². The fourth-order valence-corrected chi connectivity index (χ4v) is 5.28. The first-order chi connectivity index (χ1) is 15.7. The Kier molecular flexibility index (Phi) is 6.58. The molecule has 2 N–H and O–H groups in total. The first-order valence-corrected chi connectivity index (χ1v) is 12.3. The highest BCUT2D eigenvalue weighted by atomic mass is 32.2. The number of halogens is 1. The molecule has 0 bridgehead atoms. The fraction of sp³-hybridized carbons (Fsp3) is 0.280. The highest BCUT2D eigenvalue weighted by molar-refractivity contribution is 7.92. The number of ether oxygens (including phenoxy) is 1. The summed E-state index contributed by atoms with van der Waals surface area (Å²) >= 11 is 0. The van der Waals surface area contributed by atoms with E-state index < -0.39 is 10.0 Å². The summed E-state index contributed by atoms with van der Waals surface area (Å²) in [5.41, 5.74) is 2.73. The fourth-order valence-electron chi connectivity index (χ4n) is 4.23. The van der Waals surface area contributed by atoms with Crippen LogP contribution in [0.5, 0.6) is 5.75 Å². The Morgan fingerprint density at radius 2 is 1.67 bits per heavy atom. The van der Waals surface area contributed by atoms with Crippen LogP contribution in [0.15, 0.2) is 71.6 Å². The molecule has 8 heteroatoms. The number of hydrogen-bond donors (Lipinski definition) is 2. The molecule has 3 aromatic carbocycles. The molecule has 1 aliphatic heterocycles. The van der Waals surface area contributed by atoms with Gasteiger partial charge in [0.25, 0.3) is 10.0 Å². The van der Waals surface area contributed by atoms with E-state index in [1.54, 1.807) is 43.5 Å². The number of anilines is 2. The number of rotatable bonds is 6. The Hall–Kier alpha value is -3.10. The number of nitrogens with one attached hydrogen (secondary N) is 2. The molecule has 1 saturated heterocycles. The SMILES string of the molecule is COc1ccc(NS(=O)(=O)c2ccc(-c3cccc(F)c3)cc2)cc1N1CC(C)NC(C)C1. The lowest BCUT2D eigenvalue weighted by atomic mass is 10.1. The second-order valence-electron chi connectivity index (χ2n) is 8.40. The molecule has 3 aromatic rings. The summed E-state index contributed by atoms with van der Waals surface area (Å²) in [5, 5.41) is 3.50. The van der Waals surface area contributed by atoms with Gasteiger partial charge in [0.1, 0.15) is 11.6 Å². The van der Waals surface area contributed by atoms with Crippen LogP contribution in [0.2, 0.25) is 0 Å². The van der Waals surface area contributed by atoms with Gasteiger partial charge in [0.15, 0.2) is 0 Å². The van der Waals surface area contributed by atoms with Gasteiger partial charge in [0.05, 0.1) is 23.4 Å². The minimum atomic E-state index is -3.80. The number of sulfonamides is 1. The highest BCUT2D eigenvalue weighted by Crippen LogP contribution is 2.33. The van der Waals surface area contributed by atoms with E-state index in [1.807, 2.05) is 6.07 Å². The standard InChI is InChI=1S/C25H28FN3O3S/c1-17-15-29(16-18(2)27-17)24-14-22(9-12-25(24)32-3)28-33(30,31)23-10-7-19(8-11-23)20-5-4-6-21(26)13-20/h4-14,17-18,27-28H,15-16H2,1-3H3. The summed E-state index contributed by atoms with van der Waals surface area (Å²) in [7, 11) is -2.20.